The molecule has 212 valence electrons. The molecular formula is C29H26FN3O7S. The van der Waals surface area contributed by atoms with Gasteiger partial charge in [0.25, 0.3) is 15.9 Å². The third kappa shape index (κ3) is 5.97. The fourth-order valence-corrected chi connectivity index (χ4v) is 5.48. The van der Waals surface area contributed by atoms with E-state index in [-0.39, 0.29) is 22.0 Å². The maximum absolute atomic E-state index is 14.0. The smallest absolute Gasteiger partial charge is 0.310 e. The van der Waals surface area contributed by atoms with Crippen molar-refractivity contribution in [1.29, 1.82) is 0 Å². The Bertz CT molecular complexity index is 1750. The Balaban J connectivity index is 0.000000195. The van der Waals surface area contributed by atoms with E-state index >= 15 is 0 Å². The van der Waals surface area contributed by atoms with Crippen LogP contribution >= 0.6 is 0 Å². The number of carboxylic acids is 1. The molecule has 1 aliphatic rings. The van der Waals surface area contributed by atoms with E-state index in [1.54, 1.807) is 38.1 Å². The van der Waals surface area contributed by atoms with Crippen LogP contribution in [0.3, 0.4) is 0 Å². The van der Waals surface area contributed by atoms with Crippen LogP contribution in [0.15, 0.2) is 94.0 Å². The van der Waals surface area contributed by atoms with E-state index in [4.69, 9.17) is 9.63 Å². The number of anilines is 1. The minimum atomic E-state index is -3.92. The Hall–Kier alpha value is -4.97. The van der Waals surface area contributed by atoms with Gasteiger partial charge in [0.05, 0.1) is 10.8 Å². The van der Waals surface area contributed by atoms with Crippen LogP contribution in [0.4, 0.5) is 10.2 Å². The summed E-state index contributed by atoms with van der Waals surface area (Å²) in [4.78, 5) is 23.2. The number of carbonyl (C=O) groups is 2. The molecule has 41 heavy (non-hydrogen) atoms. The Morgan fingerprint density at radius 3 is 2.27 bits per heavy atom. The second-order valence-corrected chi connectivity index (χ2v) is 11.0. The number of nitrogens with zero attached hydrogens (tertiary/aromatic N) is 2. The molecule has 10 nitrogen and oxygen atoms in total. The number of aryl methyl sites for hydroxylation is 1. The molecule has 12 heteroatoms. The van der Waals surface area contributed by atoms with Crippen LogP contribution in [-0.4, -0.2) is 47.0 Å². The quantitative estimate of drug-likeness (QED) is 0.293. The maximum atomic E-state index is 14.0. The van der Waals surface area contributed by atoms with Crippen molar-refractivity contribution >= 4 is 33.5 Å². The summed E-state index contributed by atoms with van der Waals surface area (Å²) < 4.78 is 44.5. The summed E-state index contributed by atoms with van der Waals surface area (Å²) >= 11 is 0. The van der Waals surface area contributed by atoms with Crippen molar-refractivity contribution in [2.45, 2.75) is 24.7 Å². The zero-order valence-electron chi connectivity index (χ0n) is 22.2. The first-order valence-electron chi connectivity index (χ1n) is 12.3. The Labute approximate surface area is 235 Å². The molecule has 1 aliphatic heterocycles. The van der Waals surface area contributed by atoms with Crippen LogP contribution in [-0.2, 0) is 19.6 Å². The maximum Gasteiger partial charge on any atom is 0.310 e. The average Bonchev–Trinajstić information content (AvgIpc) is 3.36. The first kappa shape index (κ1) is 29.0. The minimum Gasteiger partial charge on any atom is -0.505 e. The van der Waals surface area contributed by atoms with Gasteiger partial charge < -0.3 is 20.1 Å². The number of aliphatic hydroxyl groups excluding tert-OH is 1. The van der Waals surface area contributed by atoms with Crippen molar-refractivity contribution in [2.24, 2.45) is 0 Å². The van der Waals surface area contributed by atoms with Gasteiger partial charge in [-0.15, -0.1) is 0 Å². The molecule has 1 amide bonds. The highest BCUT2D eigenvalue weighted by molar-refractivity contribution is 7.89. The molecular weight excluding hydrogens is 553 g/mol. The Morgan fingerprint density at radius 2 is 1.66 bits per heavy atom. The molecule has 0 saturated heterocycles. The van der Waals surface area contributed by atoms with Gasteiger partial charge in [-0.1, -0.05) is 59.8 Å². The number of halogens is 1. The zero-order chi connectivity index (χ0) is 29.9. The fraction of sp³-hybridized carbons (Fsp3) is 0.138. The molecule has 0 bridgehead atoms. The van der Waals surface area contributed by atoms with Crippen LogP contribution in [0.25, 0.3) is 16.9 Å². The van der Waals surface area contributed by atoms with Crippen LogP contribution in [0.2, 0.25) is 0 Å². The number of sulfonamides is 1. The van der Waals surface area contributed by atoms with Gasteiger partial charge in [0.2, 0.25) is 0 Å². The number of aliphatic hydroxyl groups is 1. The molecule has 1 atom stereocenters. The number of rotatable bonds is 5. The van der Waals surface area contributed by atoms with E-state index in [1.165, 1.54) is 31.3 Å². The summed E-state index contributed by atoms with van der Waals surface area (Å²) in [6, 6.07) is 21.1. The lowest BCUT2D eigenvalue weighted by Crippen LogP contribution is -2.37. The van der Waals surface area contributed by atoms with Gasteiger partial charge in [0, 0.05) is 24.2 Å². The number of hydrogen-bond donors (Lipinski definition) is 3. The van der Waals surface area contributed by atoms with Gasteiger partial charge in [0.1, 0.15) is 11.6 Å². The van der Waals surface area contributed by atoms with Crippen LogP contribution in [0, 0.1) is 12.7 Å². The standard InChI is InChI=1S/C15H13FO2.C14H13N3O5S/c1-10(15(17)18)12-7-8-13(14(16)9-12)11-5-3-2-4-6-11;1-8-7-11(16-22-8)15-14(19)12-13(18)9-5-3-4-6-10(9)23(20,21)17(12)2/h2-10H,1H3,(H,17,18);3-7,18H,1-2H3,(H,15,16,19). The molecule has 2 heterocycles. The number of aromatic nitrogens is 1. The van der Waals surface area contributed by atoms with E-state index in [1.807, 2.05) is 30.3 Å². The van der Waals surface area contributed by atoms with Gasteiger partial charge in [0.15, 0.2) is 17.3 Å². The second kappa shape index (κ2) is 11.6. The molecule has 3 N–H and O–H groups in total. The van der Waals surface area contributed by atoms with Crippen LogP contribution in [0.1, 0.15) is 29.7 Å². The largest absolute Gasteiger partial charge is 0.505 e. The lowest BCUT2D eigenvalue weighted by atomic mass is 9.97. The van der Waals surface area contributed by atoms with E-state index in [9.17, 15) is 27.5 Å². The number of benzene rings is 3. The molecule has 5 rings (SSSR count). The fourth-order valence-electron chi connectivity index (χ4n) is 4.08. The van der Waals surface area contributed by atoms with Gasteiger partial charge in [-0.3, -0.25) is 13.9 Å². The SMILES string of the molecule is CC(C(=O)O)c1ccc(-c2ccccc2)c(F)c1.Cc1cc(NC(=O)C2=C(O)c3ccccc3S(=O)(=O)N2C)no1. The van der Waals surface area contributed by atoms with Crippen molar-refractivity contribution in [2.75, 3.05) is 12.4 Å². The van der Waals surface area contributed by atoms with Crippen molar-refractivity contribution < 1.29 is 37.1 Å². The number of hydrogen-bond acceptors (Lipinski definition) is 7. The van der Waals surface area contributed by atoms with Crippen LogP contribution in [0.5, 0.6) is 0 Å². The number of likely N-dealkylation sites (N-methyl/N-ethyl adjacent to an activating group) is 1. The van der Waals surface area contributed by atoms with Crippen molar-refractivity contribution in [3.05, 3.63) is 107 Å². The lowest BCUT2D eigenvalue weighted by molar-refractivity contribution is -0.138. The van der Waals surface area contributed by atoms with Gasteiger partial charge >= 0.3 is 5.97 Å². The third-order valence-corrected chi connectivity index (χ3v) is 8.17. The second-order valence-electron chi connectivity index (χ2n) is 9.11. The zero-order valence-corrected chi connectivity index (χ0v) is 23.0. The van der Waals surface area contributed by atoms with Crippen LogP contribution < -0.4 is 5.32 Å². The van der Waals surface area contributed by atoms with Gasteiger partial charge in [-0.05, 0) is 43.2 Å². The molecule has 3 aromatic carbocycles. The average molecular weight is 580 g/mol. The van der Waals surface area contributed by atoms with E-state index in [0.29, 0.717) is 16.9 Å². The first-order chi connectivity index (χ1) is 19.4. The number of nitrogens with one attached hydrogen (secondary N) is 1. The highest BCUT2D eigenvalue weighted by atomic mass is 32.2. The number of aliphatic carboxylic acids is 1. The molecule has 1 unspecified atom stereocenters. The third-order valence-electron chi connectivity index (χ3n) is 6.35. The molecule has 0 fully saturated rings. The van der Waals surface area contributed by atoms with Gasteiger partial charge in [-0.25, -0.2) is 12.8 Å². The summed E-state index contributed by atoms with van der Waals surface area (Å²) in [5.74, 6) is -2.68. The van der Waals surface area contributed by atoms with Crippen molar-refractivity contribution in [1.82, 2.24) is 9.46 Å². The molecule has 4 aromatic rings. The normalized spacial score (nSPS) is 14.4. The number of carboxylic acid groups (broad SMARTS) is 1. The number of amides is 1. The minimum absolute atomic E-state index is 0.0613. The molecule has 1 aromatic heterocycles. The van der Waals surface area contributed by atoms with Crippen molar-refractivity contribution in [3.8, 4) is 11.1 Å². The van der Waals surface area contributed by atoms with E-state index in [2.05, 4.69) is 10.5 Å². The predicted octanol–water partition coefficient (Wildman–Crippen LogP) is 5.16. The summed E-state index contributed by atoms with van der Waals surface area (Å²) in [5.41, 5.74) is 1.43. The molecule has 0 aliphatic carbocycles. The Morgan fingerprint density at radius 1 is 1.00 bits per heavy atom. The Kier molecular flexibility index (Phi) is 8.24. The monoisotopic (exact) mass is 579 g/mol. The number of fused-ring (bicyclic) bond motifs is 1. The van der Waals surface area contributed by atoms with E-state index in [0.717, 1.165) is 9.87 Å². The molecule has 0 spiro atoms. The topological polar surface area (TPSA) is 150 Å². The predicted molar refractivity (Wildman–Crippen MR) is 149 cm³/mol. The molecule has 0 radical (unpaired) electrons. The molecule has 0 saturated carbocycles. The van der Waals surface area contributed by atoms with E-state index < -0.39 is 39.4 Å². The summed E-state index contributed by atoms with van der Waals surface area (Å²) in [7, 11) is -2.73. The first-order valence-corrected chi connectivity index (χ1v) is 13.7. The summed E-state index contributed by atoms with van der Waals surface area (Å²) in [5, 5.41) is 25.2. The highest BCUT2D eigenvalue weighted by Gasteiger charge is 2.37. The summed E-state index contributed by atoms with van der Waals surface area (Å²) in [6.07, 6.45) is 0. The highest BCUT2D eigenvalue weighted by Crippen LogP contribution is 2.34. The van der Waals surface area contributed by atoms with Gasteiger partial charge in [-0.2, -0.15) is 0 Å². The summed E-state index contributed by atoms with van der Waals surface area (Å²) in [6.45, 7) is 3.19. The number of carbonyl (C=O) groups excluding carboxylic acids is 1. The lowest BCUT2D eigenvalue weighted by Gasteiger charge is -2.28. The van der Waals surface area contributed by atoms with Crippen molar-refractivity contribution in [3.63, 3.8) is 0 Å².